The number of nitrogens with zero attached hydrogens (tertiary/aromatic N) is 3. The second-order valence-electron chi connectivity index (χ2n) is 4.56. The minimum Gasteiger partial charge on any atom is -0.327 e. The standard InChI is InChI=1S/C14H9F4N3/c1-21-11-3-2-9(14(16,17)18)7-10(11)20-13(21)8-4-5-19-12(15)6-8/h2-7H,1H3. The summed E-state index contributed by atoms with van der Waals surface area (Å²) in [4.78, 5) is 7.61. The van der Waals surface area contributed by atoms with Crippen LogP contribution in [0.1, 0.15) is 5.56 Å². The lowest BCUT2D eigenvalue weighted by Crippen LogP contribution is -2.04. The van der Waals surface area contributed by atoms with Crippen LogP contribution in [0, 0.1) is 5.95 Å². The van der Waals surface area contributed by atoms with E-state index in [1.165, 1.54) is 18.3 Å². The molecule has 2 aromatic heterocycles. The maximum Gasteiger partial charge on any atom is 0.416 e. The van der Waals surface area contributed by atoms with Gasteiger partial charge in [0.2, 0.25) is 5.95 Å². The third kappa shape index (κ3) is 2.35. The molecule has 2 heterocycles. The van der Waals surface area contributed by atoms with Crippen LogP contribution in [0.3, 0.4) is 0 Å². The van der Waals surface area contributed by atoms with E-state index in [4.69, 9.17) is 0 Å². The highest BCUT2D eigenvalue weighted by atomic mass is 19.4. The highest BCUT2D eigenvalue weighted by Crippen LogP contribution is 2.32. The quantitative estimate of drug-likeness (QED) is 0.505. The maximum absolute atomic E-state index is 13.2. The van der Waals surface area contributed by atoms with Gasteiger partial charge in [0, 0.05) is 24.9 Å². The minimum absolute atomic E-state index is 0.208. The molecule has 21 heavy (non-hydrogen) atoms. The summed E-state index contributed by atoms with van der Waals surface area (Å²) in [5, 5.41) is 0. The molecule has 0 spiro atoms. The van der Waals surface area contributed by atoms with Gasteiger partial charge in [0.1, 0.15) is 5.82 Å². The number of imidazole rings is 1. The lowest BCUT2D eigenvalue weighted by atomic mass is 10.2. The fourth-order valence-electron chi connectivity index (χ4n) is 2.18. The first-order valence-corrected chi connectivity index (χ1v) is 6.02. The Balaban J connectivity index is 2.20. The zero-order valence-electron chi connectivity index (χ0n) is 10.8. The Hall–Kier alpha value is -2.44. The molecule has 0 aliphatic rings. The van der Waals surface area contributed by atoms with Crippen molar-refractivity contribution in [3.63, 3.8) is 0 Å². The van der Waals surface area contributed by atoms with Crippen LogP contribution < -0.4 is 0 Å². The SMILES string of the molecule is Cn1c(-c2ccnc(F)c2)nc2cc(C(F)(F)F)ccc21. The van der Waals surface area contributed by atoms with Crippen LogP contribution >= 0.6 is 0 Å². The van der Waals surface area contributed by atoms with Crippen molar-refractivity contribution in [2.45, 2.75) is 6.18 Å². The average molecular weight is 295 g/mol. The smallest absolute Gasteiger partial charge is 0.327 e. The molecule has 0 unspecified atom stereocenters. The summed E-state index contributed by atoms with van der Waals surface area (Å²) in [5.41, 5.74) is 0.435. The Kier molecular flexibility index (Phi) is 2.93. The molecule has 0 saturated heterocycles. The molecule has 1 aromatic carbocycles. The molecule has 0 N–H and O–H groups in total. The Morgan fingerprint density at radius 2 is 1.86 bits per heavy atom. The highest BCUT2D eigenvalue weighted by molar-refractivity contribution is 5.81. The van der Waals surface area contributed by atoms with Crippen molar-refractivity contribution in [2.75, 3.05) is 0 Å². The Bertz CT molecular complexity index is 821. The van der Waals surface area contributed by atoms with E-state index in [1.54, 1.807) is 17.7 Å². The summed E-state index contributed by atoms with van der Waals surface area (Å²) in [6, 6.07) is 6.07. The lowest BCUT2D eigenvalue weighted by Gasteiger charge is -2.06. The summed E-state index contributed by atoms with van der Waals surface area (Å²) < 4.78 is 52.9. The van der Waals surface area contributed by atoms with Gasteiger partial charge in [-0.2, -0.15) is 17.6 Å². The number of pyridine rings is 1. The molecule has 0 radical (unpaired) electrons. The van der Waals surface area contributed by atoms with Crippen LogP contribution in [-0.4, -0.2) is 14.5 Å². The molecule has 0 fully saturated rings. The number of aromatic nitrogens is 3. The molecule has 3 rings (SSSR count). The second kappa shape index (κ2) is 4.54. The van der Waals surface area contributed by atoms with Gasteiger partial charge >= 0.3 is 6.18 Å². The van der Waals surface area contributed by atoms with E-state index in [1.807, 2.05) is 0 Å². The van der Waals surface area contributed by atoms with E-state index in [0.717, 1.165) is 12.1 Å². The molecular weight excluding hydrogens is 286 g/mol. The van der Waals surface area contributed by atoms with Crippen LogP contribution in [0.4, 0.5) is 17.6 Å². The molecule has 0 saturated carbocycles. The molecule has 0 bridgehead atoms. The van der Waals surface area contributed by atoms with E-state index < -0.39 is 17.7 Å². The third-order valence-electron chi connectivity index (χ3n) is 3.19. The average Bonchev–Trinajstić information content (AvgIpc) is 2.75. The van der Waals surface area contributed by atoms with E-state index in [-0.39, 0.29) is 5.52 Å². The zero-order valence-corrected chi connectivity index (χ0v) is 10.8. The van der Waals surface area contributed by atoms with Crippen LogP contribution in [0.5, 0.6) is 0 Å². The van der Waals surface area contributed by atoms with Crippen LogP contribution in [0.2, 0.25) is 0 Å². The van der Waals surface area contributed by atoms with Crippen LogP contribution in [-0.2, 0) is 13.2 Å². The first kappa shape index (κ1) is 13.5. The number of alkyl halides is 3. The number of halogens is 4. The van der Waals surface area contributed by atoms with Gasteiger partial charge in [0.15, 0.2) is 0 Å². The van der Waals surface area contributed by atoms with Crippen molar-refractivity contribution in [2.24, 2.45) is 7.05 Å². The van der Waals surface area contributed by atoms with Gasteiger partial charge in [-0.05, 0) is 24.3 Å². The fraction of sp³-hybridized carbons (Fsp3) is 0.143. The summed E-state index contributed by atoms with van der Waals surface area (Å²) in [7, 11) is 1.66. The lowest BCUT2D eigenvalue weighted by molar-refractivity contribution is -0.137. The van der Waals surface area contributed by atoms with E-state index in [0.29, 0.717) is 16.9 Å². The maximum atomic E-state index is 13.2. The van der Waals surface area contributed by atoms with E-state index >= 15 is 0 Å². The number of fused-ring (bicyclic) bond motifs is 1. The van der Waals surface area contributed by atoms with Gasteiger partial charge in [-0.25, -0.2) is 9.97 Å². The molecule has 3 nitrogen and oxygen atoms in total. The highest BCUT2D eigenvalue weighted by Gasteiger charge is 2.31. The summed E-state index contributed by atoms with van der Waals surface area (Å²) in [6.07, 6.45) is -3.14. The van der Waals surface area contributed by atoms with Crippen molar-refractivity contribution in [3.05, 3.63) is 48.0 Å². The van der Waals surface area contributed by atoms with Gasteiger partial charge in [-0.3, -0.25) is 0 Å². The van der Waals surface area contributed by atoms with Crippen molar-refractivity contribution in [1.82, 2.24) is 14.5 Å². The fourth-order valence-corrected chi connectivity index (χ4v) is 2.18. The number of hydrogen-bond donors (Lipinski definition) is 0. The normalized spacial score (nSPS) is 12.0. The number of benzene rings is 1. The molecular formula is C14H9F4N3. The van der Waals surface area contributed by atoms with Gasteiger partial charge in [-0.15, -0.1) is 0 Å². The van der Waals surface area contributed by atoms with Gasteiger partial charge < -0.3 is 4.57 Å². The van der Waals surface area contributed by atoms with Gasteiger partial charge in [-0.1, -0.05) is 0 Å². The van der Waals surface area contributed by atoms with Crippen LogP contribution in [0.25, 0.3) is 22.4 Å². The van der Waals surface area contributed by atoms with Crippen LogP contribution in [0.15, 0.2) is 36.5 Å². The summed E-state index contributed by atoms with van der Waals surface area (Å²) in [5.74, 6) is -0.291. The molecule has 7 heteroatoms. The number of hydrogen-bond acceptors (Lipinski definition) is 2. The minimum atomic E-state index is -4.42. The Labute approximate surface area is 116 Å². The number of rotatable bonds is 1. The Morgan fingerprint density at radius 3 is 2.52 bits per heavy atom. The number of aryl methyl sites for hydroxylation is 1. The molecule has 0 aliphatic carbocycles. The predicted octanol–water partition coefficient (Wildman–Crippen LogP) is 3.79. The van der Waals surface area contributed by atoms with E-state index in [9.17, 15) is 17.6 Å². The molecule has 108 valence electrons. The summed E-state index contributed by atoms with van der Waals surface area (Å²) in [6.45, 7) is 0. The predicted molar refractivity (Wildman–Crippen MR) is 68.9 cm³/mol. The largest absolute Gasteiger partial charge is 0.416 e. The summed E-state index contributed by atoms with van der Waals surface area (Å²) >= 11 is 0. The van der Waals surface area contributed by atoms with Crippen molar-refractivity contribution < 1.29 is 17.6 Å². The van der Waals surface area contributed by atoms with Gasteiger partial charge in [0.05, 0.1) is 16.6 Å². The van der Waals surface area contributed by atoms with Crippen molar-refractivity contribution in [3.8, 4) is 11.4 Å². The van der Waals surface area contributed by atoms with Crippen molar-refractivity contribution in [1.29, 1.82) is 0 Å². The first-order chi connectivity index (χ1) is 9.86. The second-order valence-corrected chi connectivity index (χ2v) is 4.56. The van der Waals surface area contributed by atoms with Crippen molar-refractivity contribution >= 4 is 11.0 Å². The van der Waals surface area contributed by atoms with Gasteiger partial charge in [0.25, 0.3) is 0 Å². The topological polar surface area (TPSA) is 30.7 Å². The zero-order chi connectivity index (χ0) is 15.2. The molecule has 3 aromatic rings. The molecule has 0 aliphatic heterocycles. The first-order valence-electron chi connectivity index (χ1n) is 6.02. The molecule has 0 atom stereocenters. The van der Waals surface area contributed by atoms with E-state index in [2.05, 4.69) is 9.97 Å². The Morgan fingerprint density at radius 1 is 1.10 bits per heavy atom. The monoisotopic (exact) mass is 295 g/mol. The molecule has 0 amide bonds. The third-order valence-corrected chi connectivity index (χ3v) is 3.19.